The Hall–Kier alpha value is -1.35. The monoisotopic (exact) mass is 195 g/mol. The molecule has 0 saturated carbocycles. The van der Waals surface area contributed by atoms with Gasteiger partial charge in [-0.15, -0.1) is 6.58 Å². The molecule has 0 amide bonds. The van der Waals surface area contributed by atoms with Gasteiger partial charge in [-0.2, -0.15) is 0 Å². The first-order valence-electron chi connectivity index (χ1n) is 4.42. The van der Waals surface area contributed by atoms with Gasteiger partial charge in [-0.25, -0.2) is 4.39 Å². The molecule has 0 aliphatic heterocycles. The Morgan fingerprint density at radius 1 is 1.64 bits per heavy atom. The predicted octanol–water partition coefficient (Wildman–Crippen LogP) is 2.42. The van der Waals surface area contributed by atoms with Gasteiger partial charge in [-0.05, 0) is 25.0 Å². The highest BCUT2D eigenvalue weighted by atomic mass is 19.1. The molecule has 0 fully saturated rings. The fourth-order valence-corrected chi connectivity index (χ4v) is 1.45. The van der Waals surface area contributed by atoms with E-state index in [1.165, 1.54) is 6.07 Å². The van der Waals surface area contributed by atoms with Crippen molar-refractivity contribution < 1.29 is 9.50 Å². The van der Waals surface area contributed by atoms with Crippen molar-refractivity contribution in [2.75, 3.05) is 0 Å². The lowest BCUT2D eigenvalue weighted by Gasteiger charge is -2.14. The summed E-state index contributed by atoms with van der Waals surface area (Å²) in [6.45, 7) is 5.34. The molecule has 2 nitrogen and oxygen atoms in total. The van der Waals surface area contributed by atoms with Crippen LogP contribution in [0.1, 0.15) is 23.6 Å². The van der Waals surface area contributed by atoms with Crippen molar-refractivity contribution in [2.24, 2.45) is 5.73 Å². The van der Waals surface area contributed by atoms with Crippen LogP contribution in [0.2, 0.25) is 0 Å². The average Bonchev–Trinajstić information content (AvgIpc) is 2.13. The summed E-state index contributed by atoms with van der Waals surface area (Å²) < 4.78 is 13.0. The summed E-state index contributed by atoms with van der Waals surface area (Å²) in [7, 11) is 0. The minimum absolute atomic E-state index is 0.348. The van der Waals surface area contributed by atoms with Gasteiger partial charge in [0, 0.05) is 11.6 Å². The first-order valence-corrected chi connectivity index (χ1v) is 4.42. The zero-order chi connectivity index (χ0) is 10.7. The number of phenols is 1. The average molecular weight is 195 g/mol. The normalized spacial score (nSPS) is 12.5. The van der Waals surface area contributed by atoms with Gasteiger partial charge in [-0.1, -0.05) is 12.1 Å². The summed E-state index contributed by atoms with van der Waals surface area (Å²) in [6, 6.07) is 2.44. The molecule has 0 unspecified atom stereocenters. The van der Waals surface area contributed by atoms with Crippen LogP contribution in [0.4, 0.5) is 4.39 Å². The second kappa shape index (κ2) is 4.24. The van der Waals surface area contributed by atoms with Crippen molar-refractivity contribution in [1.82, 2.24) is 0 Å². The van der Waals surface area contributed by atoms with E-state index in [9.17, 15) is 9.50 Å². The van der Waals surface area contributed by atoms with Crippen LogP contribution in [0.15, 0.2) is 24.8 Å². The second-order valence-corrected chi connectivity index (χ2v) is 3.26. The number of rotatable bonds is 3. The number of halogens is 1. The van der Waals surface area contributed by atoms with Gasteiger partial charge in [0.05, 0.1) is 0 Å². The summed E-state index contributed by atoms with van der Waals surface area (Å²) in [5, 5.41) is 9.49. The fraction of sp³-hybridized carbons (Fsp3) is 0.273. The molecule has 76 valence electrons. The zero-order valence-electron chi connectivity index (χ0n) is 8.13. The van der Waals surface area contributed by atoms with Crippen LogP contribution < -0.4 is 5.73 Å². The number of benzene rings is 1. The summed E-state index contributed by atoms with van der Waals surface area (Å²) in [5.74, 6) is -0.982. The van der Waals surface area contributed by atoms with Gasteiger partial charge in [-0.3, -0.25) is 0 Å². The topological polar surface area (TPSA) is 46.2 Å². The molecule has 14 heavy (non-hydrogen) atoms. The molecule has 1 rings (SSSR count). The van der Waals surface area contributed by atoms with Crippen molar-refractivity contribution in [1.29, 1.82) is 0 Å². The molecule has 0 spiro atoms. The number of nitrogens with two attached hydrogens (primary N) is 1. The van der Waals surface area contributed by atoms with Gasteiger partial charge < -0.3 is 10.8 Å². The van der Waals surface area contributed by atoms with Crippen molar-refractivity contribution in [3.05, 3.63) is 41.7 Å². The molecule has 0 heterocycles. The molecular formula is C11H14FNO. The van der Waals surface area contributed by atoms with Crippen LogP contribution in [0.5, 0.6) is 5.75 Å². The van der Waals surface area contributed by atoms with Crippen molar-refractivity contribution >= 4 is 0 Å². The SMILES string of the molecule is C=CC[C@@H](N)c1c(C)ccc(F)c1O. The molecule has 1 aromatic rings. The summed E-state index contributed by atoms with van der Waals surface area (Å²) in [6.07, 6.45) is 2.16. The summed E-state index contributed by atoms with van der Waals surface area (Å²) >= 11 is 0. The number of aryl methyl sites for hydroxylation is 1. The van der Waals surface area contributed by atoms with Gasteiger partial charge in [0.25, 0.3) is 0 Å². The smallest absolute Gasteiger partial charge is 0.165 e. The third-order valence-electron chi connectivity index (χ3n) is 2.18. The molecule has 1 atom stereocenters. The van der Waals surface area contributed by atoms with E-state index in [1.807, 2.05) is 0 Å². The number of aromatic hydroxyl groups is 1. The Labute approximate surface area is 82.9 Å². The molecule has 0 aromatic heterocycles. The maximum atomic E-state index is 13.0. The van der Waals surface area contributed by atoms with E-state index in [4.69, 9.17) is 5.73 Å². The Bertz CT molecular complexity index is 349. The van der Waals surface area contributed by atoms with E-state index in [0.29, 0.717) is 12.0 Å². The molecule has 0 radical (unpaired) electrons. The third-order valence-corrected chi connectivity index (χ3v) is 2.18. The molecule has 0 aliphatic rings. The van der Waals surface area contributed by atoms with Gasteiger partial charge in [0.2, 0.25) is 0 Å². The standard InChI is InChI=1S/C11H14FNO/c1-3-4-9(13)10-7(2)5-6-8(12)11(10)14/h3,5-6,9,14H,1,4,13H2,2H3/t9-/m1/s1. The van der Waals surface area contributed by atoms with Crippen LogP contribution in [0.3, 0.4) is 0 Å². The Kier molecular flexibility index (Phi) is 3.25. The van der Waals surface area contributed by atoms with E-state index < -0.39 is 11.9 Å². The Morgan fingerprint density at radius 2 is 2.29 bits per heavy atom. The predicted molar refractivity (Wildman–Crippen MR) is 54.5 cm³/mol. The van der Waals surface area contributed by atoms with Crippen molar-refractivity contribution in [3.63, 3.8) is 0 Å². The Morgan fingerprint density at radius 3 is 2.86 bits per heavy atom. The van der Waals surface area contributed by atoms with Gasteiger partial charge in [0.15, 0.2) is 11.6 Å². The van der Waals surface area contributed by atoms with E-state index >= 15 is 0 Å². The number of phenolic OH excluding ortho intramolecular Hbond substituents is 1. The number of hydrogen-bond donors (Lipinski definition) is 2. The minimum atomic E-state index is -0.634. The first kappa shape index (κ1) is 10.7. The van der Waals surface area contributed by atoms with E-state index in [2.05, 4.69) is 6.58 Å². The molecule has 3 heteroatoms. The highest BCUT2D eigenvalue weighted by molar-refractivity contribution is 5.42. The van der Waals surface area contributed by atoms with Crippen molar-refractivity contribution in [3.8, 4) is 5.75 Å². The fourth-order valence-electron chi connectivity index (χ4n) is 1.45. The van der Waals surface area contributed by atoms with Crippen molar-refractivity contribution in [2.45, 2.75) is 19.4 Å². The first-order chi connectivity index (χ1) is 6.57. The van der Waals surface area contributed by atoms with Crippen LogP contribution in [-0.4, -0.2) is 5.11 Å². The molecule has 0 bridgehead atoms. The minimum Gasteiger partial charge on any atom is -0.505 e. The summed E-state index contributed by atoms with van der Waals surface area (Å²) in [5.41, 5.74) is 7.03. The summed E-state index contributed by atoms with van der Waals surface area (Å²) in [4.78, 5) is 0. The maximum Gasteiger partial charge on any atom is 0.165 e. The van der Waals surface area contributed by atoms with Crippen LogP contribution in [-0.2, 0) is 0 Å². The highest BCUT2D eigenvalue weighted by Crippen LogP contribution is 2.30. The third kappa shape index (κ3) is 1.93. The lowest BCUT2D eigenvalue weighted by molar-refractivity contribution is 0.420. The van der Waals surface area contributed by atoms with Crippen LogP contribution in [0.25, 0.3) is 0 Å². The lowest BCUT2D eigenvalue weighted by Crippen LogP contribution is -2.11. The number of hydrogen-bond acceptors (Lipinski definition) is 2. The molecule has 0 aliphatic carbocycles. The van der Waals surface area contributed by atoms with E-state index in [-0.39, 0.29) is 5.75 Å². The Balaban J connectivity index is 3.17. The van der Waals surface area contributed by atoms with Gasteiger partial charge >= 0.3 is 0 Å². The van der Waals surface area contributed by atoms with Crippen LogP contribution in [0, 0.1) is 12.7 Å². The second-order valence-electron chi connectivity index (χ2n) is 3.26. The molecule has 3 N–H and O–H groups in total. The van der Waals surface area contributed by atoms with Gasteiger partial charge in [0.1, 0.15) is 0 Å². The zero-order valence-corrected chi connectivity index (χ0v) is 8.13. The largest absolute Gasteiger partial charge is 0.505 e. The van der Waals surface area contributed by atoms with E-state index in [1.54, 1.807) is 19.1 Å². The maximum absolute atomic E-state index is 13.0. The molecular weight excluding hydrogens is 181 g/mol. The highest BCUT2D eigenvalue weighted by Gasteiger charge is 2.15. The molecule has 1 aromatic carbocycles. The van der Waals surface area contributed by atoms with Crippen LogP contribution >= 0.6 is 0 Å². The molecule has 0 saturated heterocycles. The quantitative estimate of drug-likeness (QED) is 0.727. The lowest BCUT2D eigenvalue weighted by atomic mass is 9.98. The van der Waals surface area contributed by atoms with E-state index in [0.717, 1.165) is 5.56 Å².